The van der Waals surface area contributed by atoms with Gasteiger partial charge in [0.15, 0.2) is 0 Å². The fraction of sp³-hybridized carbons (Fsp3) is 0.560. The second-order valence-corrected chi connectivity index (χ2v) is 13.3. The van der Waals surface area contributed by atoms with E-state index in [2.05, 4.69) is 15.0 Å². The highest BCUT2D eigenvalue weighted by molar-refractivity contribution is 7.89. The van der Waals surface area contributed by atoms with Crippen molar-refractivity contribution in [3.05, 3.63) is 35.0 Å². The molecular formula is C25H36N4O5S2. The summed E-state index contributed by atoms with van der Waals surface area (Å²) in [5.41, 5.74) is 5.62. The Balaban J connectivity index is 1.90. The van der Waals surface area contributed by atoms with Crippen LogP contribution in [0, 0.1) is 0 Å². The van der Waals surface area contributed by atoms with Crippen LogP contribution < -0.4 is 15.8 Å². The minimum Gasteiger partial charge on any atom is -0.446 e. The van der Waals surface area contributed by atoms with Gasteiger partial charge in [-0.25, -0.2) is 22.9 Å². The Bertz CT molecular complexity index is 1190. The zero-order valence-corrected chi connectivity index (χ0v) is 23.1. The predicted octanol–water partition coefficient (Wildman–Crippen LogP) is 4.08. The molecule has 0 aliphatic heterocycles. The number of nitrogens with zero attached hydrogens (tertiary/aromatic N) is 1. The van der Waals surface area contributed by atoms with E-state index in [1.807, 2.05) is 13.8 Å². The normalized spacial score (nSPS) is 18.7. The van der Waals surface area contributed by atoms with Crippen LogP contribution in [0.4, 0.5) is 4.79 Å². The van der Waals surface area contributed by atoms with Crippen molar-refractivity contribution >= 4 is 33.4 Å². The number of hydrogen-bond donors (Lipinski definition) is 3. The van der Waals surface area contributed by atoms with Crippen molar-refractivity contribution < 1.29 is 22.7 Å². The predicted molar refractivity (Wildman–Crippen MR) is 140 cm³/mol. The van der Waals surface area contributed by atoms with Crippen molar-refractivity contribution in [2.24, 2.45) is 5.73 Å². The molecule has 0 radical (unpaired) electrons. The molecule has 0 saturated heterocycles. The molecule has 36 heavy (non-hydrogen) atoms. The van der Waals surface area contributed by atoms with Gasteiger partial charge in [-0.1, -0.05) is 12.1 Å². The van der Waals surface area contributed by atoms with E-state index in [1.54, 1.807) is 45.2 Å². The highest BCUT2D eigenvalue weighted by atomic mass is 32.2. The summed E-state index contributed by atoms with van der Waals surface area (Å²) in [6.45, 7) is 9.11. The molecule has 1 fully saturated rings. The zero-order chi connectivity index (χ0) is 26.7. The van der Waals surface area contributed by atoms with Crippen molar-refractivity contribution in [2.45, 2.75) is 95.2 Å². The van der Waals surface area contributed by atoms with Gasteiger partial charge in [0.1, 0.15) is 6.10 Å². The first-order valence-electron chi connectivity index (χ1n) is 12.1. The molecule has 2 aromatic rings. The largest absolute Gasteiger partial charge is 0.446 e. The summed E-state index contributed by atoms with van der Waals surface area (Å²) in [5.74, 6) is 0.0455. The molecule has 1 aliphatic rings. The summed E-state index contributed by atoms with van der Waals surface area (Å²) in [5, 5.41) is 3.77. The number of ether oxygens (including phenoxy) is 1. The number of primary amides is 1. The summed E-state index contributed by atoms with van der Waals surface area (Å²) < 4.78 is 34.7. The van der Waals surface area contributed by atoms with Crippen LogP contribution >= 0.6 is 11.3 Å². The number of nitrogens with two attached hydrogens (primary N) is 1. The average molecular weight is 537 g/mol. The number of nitrogens with one attached hydrogen (secondary N) is 2. The Hall–Kier alpha value is -2.50. The monoisotopic (exact) mass is 536 g/mol. The highest BCUT2D eigenvalue weighted by Crippen LogP contribution is 2.40. The topological polar surface area (TPSA) is 140 Å². The first-order chi connectivity index (χ1) is 16.7. The first-order valence-corrected chi connectivity index (χ1v) is 14.4. The van der Waals surface area contributed by atoms with E-state index in [9.17, 15) is 18.0 Å². The number of aromatic nitrogens is 1. The second kappa shape index (κ2) is 11.3. The molecule has 1 aromatic carbocycles. The van der Waals surface area contributed by atoms with Crippen molar-refractivity contribution in [3.63, 3.8) is 0 Å². The molecule has 9 nitrogen and oxygen atoms in total. The smallest absolute Gasteiger partial charge is 0.404 e. The molecule has 0 bridgehead atoms. The molecule has 0 unspecified atom stereocenters. The summed E-state index contributed by atoms with van der Waals surface area (Å²) in [6.07, 6.45) is 3.92. The summed E-state index contributed by atoms with van der Waals surface area (Å²) in [7, 11) is -3.88. The zero-order valence-electron chi connectivity index (χ0n) is 21.5. The lowest BCUT2D eigenvalue weighted by Crippen LogP contribution is -2.40. The van der Waals surface area contributed by atoms with Gasteiger partial charge in [0.05, 0.1) is 21.2 Å². The molecular weight excluding hydrogens is 500 g/mol. The van der Waals surface area contributed by atoms with Crippen molar-refractivity contribution in [3.8, 4) is 10.4 Å². The standard InChI is InChI=1S/C25H36N4O5S2/c1-15(2)28-22(30)13-16-6-11-19(21(12-16)36(32,33)29-25(3,4)5)20-14-27-23(35-20)17-7-9-18(10-8-17)34-24(26)31/h6,11-12,14-15,17-18,29H,7-10,13H2,1-5H3,(H2,26,31)(H,28,30). The Morgan fingerprint density at radius 2 is 1.86 bits per heavy atom. The third kappa shape index (κ3) is 7.75. The van der Waals surface area contributed by atoms with E-state index in [-0.39, 0.29) is 35.3 Å². The number of carbonyl (C=O) groups excluding carboxylic acids is 2. The van der Waals surface area contributed by atoms with Gasteiger partial charge in [0.2, 0.25) is 15.9 Å². The van der Waals surface area contributed by atoms with E-state index < -0.39 is 21.7 Å². The van der Waals surface area contributed by atoms with Crippen molar-refractivity contribution in [1.29, 1.82) is 0 Å². The van der Waals surface area contributed by atoms with Crippen molar-refractivity contribution in [1.82, 2.24) is 15.0 Å². The Morgan fingerprint density at radius 3 is 2.44 bits per heavy atom. The summed E-state index contributed by atoms with van der Waals surface area (Å²) >= 11 is 1.47. The highest BCUT2D eigenvalue weighted by Gasteiger charge is 2.29. The van der Waals surface area contributed by atoms with Crippen LogP contribution in [-0.4, -0.2) is 43.1 Å². The molecule has 2 amide bonds. The lowest BCUT2D eigenvalue weighted by molar-refractivity contribution is -0.120. The van der Waals surface area contributed by atoms with Gasteiger partial charge < -0.3 is 15.8 Å². The third-order valence-corrected chi connectivity index (χ3v) is 8.68. The third-order valence-electron chi connectivity index (χ3n) is 5.69. The Kier molecular flexibility index (Phi) is 8.79. The maximum absolute atomic E-state index is 13.4. The molecule has 0 spiro atoms. The van der Waals surface area contributed by atoms with Gasteiger partial charge in [-0.2, -0.15) is 0 Å². The van der Waals surface area contributed by atoms with Crippen LogP contribution in [0.25, 0.3) is 10.4 Å². The molecule has 11 heteroatoms. The first kappa shape index (κ1) is 28.1. The van der Waals surface area contributed by atoms with Crippen LogP contribution in [0.1, 0.15) is 76.8 Å². The number of rotatable bonds is 8. The van der Waals surface area contributed by atoms with Gasteiger partial charge in [0.25, 0.3) is 0 Å². The molecule has 198 valence electrons. The second-order valence-electron chi connectivity index (χ2n) is 10.6. The van der Waals surface area contributed by atoms with Crippen LogP contribution in [0.5, 0.6) is 0 Å². The number of sulfonamides is 1. The summed E-state index contributed by atoms with van der Waals surface area (Å²) in [6, 6.07) is 5.12. The van der Waals surface area contributed by atoms with Crippen LogP contribution in [0.3, 0.4) is 0 Å². The molecule has 1 aromatic heterocycles. The molecule has 4 N–H and O–H groups in total. The molecule has 3 rings (SSSR count). The van der Waals surface area contributed by atoms with E-state index >= 15 is 0 Å². The lowest BCUT2D eigenvalue weighted by atomic mass is 9.88. The lowest BCUT2D eigenvalue weighted by Gasteiger charge is -2.26. The van der Waals surface area contributed by atoms with Crippen LogP contribution in [0.2, 0.25) is 0 Å². The quantitative estimate of drug-likeness (QED) is 0.464. The van der Waals surface area contributed by atoms with Crippen molar-refractivity contribution in [2.75, 3.05) is 0 Å². The average Bonchev–Trinajstić information content (AvgIpc) is 3.21. The van der Waals surface area contributed by atoms with E-state index in [1.165, 1.54) is 11.3 Å². The van der Waals surface area contributed by atoms with E-state index in [0.29, 0.717) is 24.0 Å². The Morgan fingerprint density at radius 1 is 1.19 bits per heavy atom. The Labute approximate surface area is 217 Å². The van der Waals surface area contributed by atoms with Gasteiger partial charge in [0, 0.05) is 29.3 Å². The summed E-state index contributed by atoms with van der Waals surface area (Å²) in [4.78, 5) is 28.8. The SMILES string of the molecule is CC(C)NC(=O)Cc1ccc(-c2cnc(C3CCC(OC(N)=O)CC3)s2)c(S(=O)(=O)NC(C)(C)C)c1. The molecule has 1 heterocycles. The number of thiazole rings is 1. The van der Waals surface area contributed by atoms with Crippen LogP contribution in [0.15, 0.2) is 29.3 Å². The molecule has 1 aliphatic carbocycles. The number of carbonyl (C=O) groups is 2. The van der Waals surface area contributed by atoms with E-state index in [0.717, 1.165) is 22.7 Å². The van der Waals surface area contributed by atoms with Gasteiger partial charge >= 0.3 is 6.09 Å². The van der Waals surface area contributed by atoms with Crippen LogP contribution in [-0.2, 0) is 26.0 Å². The fourth-order valence-corrected chi connectivity index (χ4v) is 7.19. The van der Waals surface area contributed by atoms with Gasteiger partial charge in [-0.05, 0) is 71.9 Å². The minimum atomic E-state index is -3.88. The fourth-order valence-electron chi connectivity index (χ4n) is 4.31. The van der Waals surface area contributed by atoms with E-state index in [4.69, 9.17) is 10.5 Å². The number of hydrogen-bond acceptors (Lipinski definition) is 7. The maximum atomic E-state index is 13.4. The molecule has 0 atom stereocenters. The minimum absolute atomic E-state index is 0.00410. The molecule has 1 saturated carbocycles. The number of amides is 2. The van der Waals surface area contributed by atoms with Gasteiger partial charge in [-0.15, -0.1) is 11.3 Å². The number of benzene rings is 1. The maximum Gasteiger partial charge on any atom is 0.404 e. The van der Waals surface area contributed by atoms with Gasteiger partial charge in [-0.3, -0.25) is 4.79 Å².